The highest BCUT2D eigenvalue weighted by molar-refractivity contribution is 5.36. The molecule has 4 rings (SSSR count). The van der Waals surface area contributed by atoms with Crippen molar-refractivity contribution in [1.82, 2.24) is 24.9 Å². The summed E-state index contributed by atoms with van der Waals surface area (Å²) in [5.41, 5.74) is 6.20. The first kappa shape index (κ1) is 21.8. The Labute approximate surface area is 186 Å². The number of hydrogen-bond acceptors (Lipinski definition) is 4. The molecule has 0 radical (unpaired) electrons. The Morgan fingerprint density at radius 3 is 2.19 bits per heavy atom. The summed E-state index contributed by atoms with van der Waals surface area (Å²) in [6.45, 7) is 13.1. The zero-order valence-corrected chi connectivity index (χ0v) is 18.9. The largest absolute Gasteiger partial charge is 0.312 e. The van der Waals surface area contributed by atoms with E-state index in [1.165, 1.54) is 56.0 Å². The molecule has 2 aromatic carbocycles. The van der Waals surface area contributed by atoms with Crippen LogP contribution in [0.15, 0.2) is 60.7 Å². The highest BCUT2D eigenvalue weighted by Crippen LogP contribution is 2.17. The van der Waals surface area contributed by atoms with E-state index in [0.29, 0.717) is 0 Å². The first-order chi connectivity index (χ1) is 15.2. The molecule has 5 nitrogen and oxygen atoms in total. The Morgan fingerprint density at radius 2 is 1.48 bits per heavy atom. The summed E-state index contributed by atoms with van der Waals surface area (Å²) >= 11 is 0. The van der Waals surface area contributed by atoms with Crippen LogP contribution in [-0.4, -0.2) is 58.8 Å². The first-order valence-corrected chi connectivity index (χ1v) is 11.5. The van der Waals surface area contributed by atoms with Crippen molar-refractivity contribution in [2.75, 3.05) is 39.3 Å². The summed E-state index contributed by atoms with van der Waals surface area (Å²) in [6.07, 6.45) is 1.18. The maximum Gasteiger partial charge on any atom is 0.0648 e. The number of piperazine rings is 1. The topological polar surface area (TPSA) is 36.3 Å². The lowest BCUT2D eigenvalue weighted by atomic mass is 10.2. The van der Waals surface area contributed by atoms with Gasteiger partial charge >= 0.3 is 0 Å². The van der Waals surface area contributed by atoms with Gasteiger partial charge in [-0.15, -0.1) is 0 Å². The van der Waals surface area contributed by atoms with Crippen LogP contribution in [0.25, 0.3) is 5.69 Å². The van der Waals surface area contributed by atoms with Gasteiger partial charge in [0, 0.05) is 50.5 Å². The molecule has 0 saturated carbocycles. The molecule has 0 spiro atoms. The number of nitrogens with zero attached hydrogens (tertiary/aromatic N) is 4. The molecule has 0 aliphatic carbocycles. The molecule has 31 heavy (non-hydrogen) atoms. The van der Waals surface area contributed by atoms with Gasteiger partial charge in [0.25, 0.3) is 0 Å². The minimum absolute atomic E-state index is 0.884. The van der Waals surface area contributed by atoms with Gasteiger partial charge in [0.1, 0.15) is 0 Å². The van der Waals surface area contributed by atoms with Crippen molar-refractivity contribution >= 4 is 0 Å². The molecule has 164 valence electrons. The van der Waals surface area contributed by atoms with E-state index in [9.17, 15) is 0 Å². The molecule has 0 unspecified atom stereocenters. The third-order valence-electron chi connectivity index (χ3n) is 6.29. The van der Waals surface area contributed by atoms with Crippen molar-refractivity contribution in [3.05, 3.63) is 83.2 Å². The van der Waals surface area contributed by atoms with Gasteiger partial charge in [-0.1, -0.05) is 48.5 Å². The standard InChI is InChI=1S/C26H35N5/c1-22-26(23(2)31(28-22)25-12-7-4-8-13-25)20-27-14-9-15-29-16-18-30(19-17-29)21-24-10-5-3-6-11-24/h3-8,10-13,27H,9,14-21H2,1-2H3. The van der Waals surface area contributed by atoms with Gasteiger partial charge in [0.2, 0.25) is 0 Å². The number of rotatable bonds is 9. The van der Waals surface area contributed by atoms with Crippen LogP contribution in [0.5, 0.6) is 0 Å². The van der Waals surface area contributed by atoms with Crippen LogP contribution in [0.3, 0.4) is 0 Å². The molecule has 0 amide bonds. The fourth-order valence-corrected chi connectivity index (χ4v) is 4.41. The van der Waals surface area contributed by atoms with E-state index in [2.05, 4.69) is 88.2 Å². The van der Waals surface area contributed by atoms with Crippen LogP contribution in [-0.2, 0) is 13.1 Å². The molecule has 0 atom stereocenters. The lowest BCUT2D eigenvalue weighted by Gasteiger charge is -2.34. The van der Waals surface area contributed by atoms with Gasteiger partial charge < -0.3 is 10.2 Å². The van der Waals surface area contributed by atoms with E-state index in [0.717, 1.165) is 31.0 Å². The summed E-state index contributed by atoms with van der Waals surface area (Å²) in [6, 6.07) is 21.2. The average Bonchev–Trinajstić information content (AvgIpc) is 3.09. The smallest absolute Gasteiger partial charge is 0.0648 e. The Kier molecular flexibility index (Phi) is 7.52. The summed E-state index contributed by atoms with van der Waals surface area (Å²) in [4.78, 5) is 5.17. The molecule has 1 saturated heterocycles. The maximum atomic E-state index is 4.75. The average molecular weight is 418 g/mol. The Hall–Kier alpha value is -2.47. The minimum Gasteiger partial charge on any atom is -0.312 e. The quantitative estimate of drug-likeness (QED) is 0.538. The molecule has 1 aliphatic rings. The number of benzene rings is 2. The predicted molar refractivity (Wildman–Crippen MR) is 128 cm³/mol. The predicted octanol–water partition coefficient (Wildman–Crippen LogP) is 3.79. The van der Waals surface area contributed by atoms with E-state index < -0.39 is 0 Å². The minimum atomic E-state index is 0.884. The van der Waals surface area contributed by atoms with E-state index in [4.69, 9.17) is 5.10 Å². The Balaban J connectivity index is 1.16. The van der Waals surface area contributed by atoms with Crippen LogP contribution in [0.2, 0.25) is 0 Å². The molecule has 2 heterocycles. The molecular weight excluding hydrogens is 382 g/mol. The van der Waals surface area contributed by atoms with Crippen LogP contribution < -0.4 is 5.32 Å². The SMILES string of the molecule is Cc1nn(-c2ccccc2)c(C)c1CNCCCN1CCN(Cc2ccccc2)CC1. The van der Waals surface area contributed by atoms with Crippen LogP contribution in [0.1, 0.15) is 28.9 Å². The lowest BCUT2D eigenvalue weighted by molar-refractivity contribution is 0.126. The second-order valence-corrected chi connectivity index (χ2v) is 8.53. The van der Waals surface area contributed by atoms with Gasteiger partial charge in [-0.05, 0) is 51.1 Å². The second kappa shape index (κ2) is 10.7. The molecule has 3 aromatic rings. The highest BCUT2D eigenvalue weighted by atomic mass is 15.3. The number of aromatic nitrogens is 2. The van der Waals surface area contributed by atoms with Crippen molar-refractivity contribution in [3.63, 3.8) is 0 Å². The number of aryl methyl sites for hydroxylation is 1. The Morgan fingerprint density at radius 1 is 0.839 bits per heavy atom. The highest BCUT2D eigenvalue weighted by Gasteiger charge is 2.16. The molecular formula is C26H35N5. The van der Waals surface area contributed by atoms with E-state index >= 15 is 0 Å². The monoisotopic (exact) mass is 417 g/mol. The fourth-order valence-electron chi connectivity index (χ4n) is 4.41. The fraction of sp³-hybridized carbons (Fsp3) is 0.423. The molecule has 1 aromatic heterocycles. The van der Waals surface area contributed by atoms with Crippen LogP contribution in [0, 0.1) is 13.8 Å². The first-order valence-electron chi connectivity index (χ1n) is 11.5. The van der Waals surface area contributed by atoms with Crippen molar-refractivity contribution in [2.45, 2.75) is 33.4 Å². The zero-order valence-electron chi connectivity index (χ0n) is 18.9. The molecule has 1 N–H and O–H groups in total. The maximum absolute atomic E-state index is 4.75. The number of para-hydroxylation sites is 1. The number of hydrogen-bond donors (Lipinski definition) is 1. The molecule has 1 aliphatic heterocycles. The Bertz CT molecular complexity index is 927. The summed E-state index contributed by atoms with van der Waals surface area (Å²) in [7, 11) is 0. The third-order valence-corrected chi connectivity index (χ3v) is 6.29. The van der Waals surface area contributed by atoms with Crippen molar-refractivity contribution in [1.29, 1.82) is 0 Å². The summed E-state index contributed by atoms with van der Waals surface area (Å²) < 4.78 is 2.06. The molecule has 5 heteroatoms. The lowest BCUT2D eigenvalue weighted by Crippen LogP contribution is -2.46. The van der Waals surface area contributed by atoms with E-state index in [1.807, 2.05) is 6.07 Å². The third kappa shape index (κ3) is 5.82. The van der Waals surface area contributed by atoms with Crippen LogP contribution in [0.4, 0.5) is 0 Å². The van der Waals surface area contributed by atoms with E-state index in [1.54, 1.807) is 0 Å². The molecule has 0 bridgehead atoms. The van der Waals surface area contributed by atoms with Gasteiger partial charge in [0.05, 0.1) is 11.4 Å². The zero-order chi connectivity index (χ0) is 21.5. The van der Waals surface area contributed by atoms with Crippen LogP contribution >= 0.6 is 0 Å². The van der Waals surface area contributed by atoms with Crippen molar-refractivity contribution < 1.29 is 0 Å². The van der Waals surface area contributed by atoms with Gasteiger partial charge in [0.15, 0.2) is 0 Å². The van der Waals surface area contributed by atoms with Crippen molar-refractivity contribution in [3.8, 4) is 5.69 Å². The summed E-state index contributed by atoms with van der Waals surface area (Å²) in [5.74, 6) is 0. The normalized spacial score (nSPS) is 15.4. The van der Waals surface area contributed by atoms with Gasteiger partial charge in [-0.25, -0.2) is 4.68 Å². The van der Waals surface area contributed by atoms with E-state index in [-0.39, 0.29) is 0 Å². The summed E-state index contributed by atoms with van der Waals surface area (Å²) in [5, 5.41) is 8.39. The molecule has 1 fully saturated rings. The second-order valence-electron chi connectivity index (χ2n) is 8.53. The van der Waals surface area contributed by atoms with Gasteiger partial charge in [-0.2, -0.15) is 5.10 Å². The van der Waals surface area contributed by atoms with Gasteiger partial charge in [-0.3, -0.25) is 4.90 Å². The number of nitrogens with one attached hydrogen (secondary N) is 1. The van der Waals surface area contributed by atoms with Crippen molar-refractivity contribution in [2.24, 2.45) is 0 Å².